The molecule has 2 amide bonds. The molecule has 2 N–H and O–H groups in total. The first-order valence-corrected chi connectivity index (χ1v) is 7.18. The molecular formula is C16H26N2O2. The smallest absolute Gasteiger partial charge is 0.317 e. The lowest BCUT2D eigenvalue weighted by molar-refractivity contribution is 0.115. The van der Waals surface area contributed by atoms with Crippen LogP contribution in [0, 0.1) is 5.92 Å². The van der Waals surface area contributed by atoms with Crippen molar-refractivity contribution < 1.29 is 9.90 Å². The van der Waals surface area contributed by atoms with Gasteiger partial charge in [-0.2, -0.15) is 0 Å². The molecule has 1 aromatic carbocycles. The first-order valence-electron chi connectivity index (χ1n) is 7.18. The molecule has 0 fully saturated rings. The zero-order valence-corrected chi connectivity index (χ0v) is 12.8. The highest BCUT2D eigenvalue weighted by atomic mass is 16.3. The average Bonchev–Trinajstić information content (AvgIpc) is 2.37. The second kappa shape index (κ2) is 7.90. The van der Waals surface area contributed by atoms with E-state index in [1.165, 1.54) is 0 Å². The molecule has 1 aromatic rings. The van der Waals surface area contributed by atoms with Crippen LogP contribution in [0.4, 0.5) is 4.79 Å². The normalized spacial score (nSPS) is 12.6. The maximum atomic E-state index is 12.2. The molecular weight excluding hydrogens is 252 g/mol. The predicted molar refractivity (Wildman–Crippen MR) is 81.5 cm³/mol. The van der Waals surface area contributed by atoms with E-state index in [1.807, 2.05) is 44.2 Å². The van der Waals surface area contributed by atoms with Crippen molar-refractivity contribution in [1.29, 1.82) is 0 Å². The summed E-state index contributed by atoms with van der Waals surface area (Å²) in [4.78, 5) is 13.8. The number of hydrogen-bond acceptors (Lipinski definition) is 2. The van der Waals surface area contributed by atoms with E-state index in [9.17, 15) is 9.90 Å². The number of urea groups is 1. The molecule has 0 radical (unpaired) electrons. The van der Waals surface area contributed by atoms with Gasteiger partial charge < -0.3 is 15.3 Å². The number of aliphatic hydroxyl groups is 1. The van der Waals surface area contributed by atoms with Gasteiger partial charge in [-0.3, -0.25) is 0 Å². The summed E-state index contributed by atoms with van der Waals surface area (Å²) in [7, 11) is 0. The van der Waals surface area contributed by atoms with Crippen LogP contribution in [0.25, 0.3) is 0 Å². The van der Waals surface area contributed by atoms with Crippen LogP contribution in [0.5, 0.6) is 0 Å². The maximum Gasteiger partial charge on any atom is 0.317 e. The minimum Gasteiger partial charge on any atom is -0.387 e. The molecule has 0 spiro atoms. The van der Waals surface area contributed by atoms with Crippen molar-refractivity contribution >= 4 is 6.03 Å². The van der Waals surface area contributed by atoms with E-state index in [-0.39, 0.29) is 12.1 Å². The molecule has 1 atom stereocenters. The number of amides is 2. The summed E-state index contributed by atoms with van der Waals surface area (Å²) in [5.41, 5.74) is 0.832. The Morgan fingerprint density at radius 2 is 1.75 bits per heavy atom. The Morgan fingerprint density at radius 3 is 2.25 bits per heavy atom. The molecule has 0 aromatic heterocycles. The second-order valence-electron chi connectivity index (χ2n) is 5.83. The summed E-state index contributed by atoms with van der Waals surface area (Å²) in [5.74, 6) is 0.357. The quantitative estimate of drug-likeness (QED) is 0.840. The zero-order chi connectivity index (χ0) is 15.1. The second-order valence-corrected chi connectivity index (χ2v) is 5.83. The van der Waals surface area contributed by atoms with Gasteiger partial charge in [-0.25, -0.2) is 4.79 Å². The van der Waals surface area contributed by atoms with Crippen molar-refractivity contribution in [2.45, 2.75) is 39.8 Å². The minimum atomic E-state index is -0.659. The van der Waals surface area contributed by atoms with Crippen molar-refractivity contribution in [2.75, 3.05) is 13.1 Å². The first kappa shape index (κ1) is 16.5. The minimum absolute atomic E-state index is 0.0889. The van der Waals surface area contributed by atoms with Crippen molar-refractivity contribution in [3.63, 3.8) is 0 Å². The molecule has 0 aliphatic heterocycles. The number of nitrogens with zero attached hydrogens (tertiary/aromatic N) is 1. The summed E-state index contributed by atoms with van der Waals surface area (Å²) in [6, 6.07) is 9.40. The van der Waals surface area contributed by atoms with Gasteiger partial charge in [0.05, 0.1) is 12.6 Å². The van der Waals surface area contributed by atoms with Crippen molar-refractivity contribution in [3.8, 4) is 0 Å². The van der Waals surface area contributed by atoms with E-state index in [2.05, 4.69) is 19.2 Å². The molecule has 0 aliphatic rings. The SMILES string of the molecule is CC(C)CN(C[C@H](O)c1ccccc1)C(=O)NC(C)C. The Labute approximate surface area is 121 Å². The van der Waals surface area contributed by atoms with E-state index in [0.717, 1.165) is 5.56 Å². The largest absolute Gasteiger partial charge is 0.387 e. The fourth-order valence-electron chi connectivity index (χ4n) is 2.01. The molecule has 1 rings (SSSR count). The monoisotopic (exact) mass is 278 g/mol. The van der Waals surface area contributed by atoms with Crippen LogP contribution in [0.1, 0.15) is 39.4 Å². The Bertz CT molecular complexity index is 404. The van der Waals surface area contributed by atoms with Gasteiger partial charge in [0.15, 0.2) is 0 Å². The van der Waals surface area contributed by atoms with Gasteiger partial charge in [-0.15, -0.1) is 0 Å². The Kier molecular flexibility index (Phi) is 6.52. The topological polar surface area (TPSA) is 52.6 Å². The van der Waals surface area contributed by atoms with Crippen LogP contribution in [0.15, 0.2) is 30.3 Å². The highest BCUT2D eigenvalue weighted by molar-refractivity contribution is 5.74. The number of aliphatic hydroxyl groups excluding tert-OH is 1. The van der Waals surface area contributed by atoms with Crippen molar-refractivity contribution in [1.82, 2.24) is 10.2 Å². The third-order valence-electron chi connectivity index (χ3n) is 2.86. The molecule has 0 saturated heterocycles. The lowest BCUT2D eigenvalue weighted by Crippen LogP contribution is -2.46. The van der Waals surface area contributed by atoms with Crippen LogP contribution in [-0.2, 0) is 0 Å². The Morgan fingerprint density at radius 1 is 1.15 bits per heavy atom. The standard InChI is InChI=1S/C16H26N2O2/c1-12(2)10-18(16(20)17-13(3)4)11-15(19)14-8-6-5-7-9-14/h5-9,12-13,15,19H,10-11H2,1-4H3,(H,17,20)/t15-/m0/s1. The van der Waals surface area contributed by atoms with Crippen molar-refractivity contribution in [3.05, 3.63) is 35.9 Å². The number of nitrogens with one attached hydrogen (secondary N) is 1. The number of rotatable bonds is 6. The third kappa shape index (κ3) is 5.61. The lowest BCUT2D eigenvalue weighted by atomic mass is 10.1. The first-order chi connectivity index (χ1) is 9.40. The summed E-state index contributed by atoms with van der Waals surface area (Å²) in [6.45, 7) is 8.91. The average molecular weight is 278 g/mol. The predicted octanol–water partition coefficient (Wildman–Crippen LogP) is 2.80. The van der Waals surface area contributed by atoms with Gasteiger partial charge in [-0.05, 0) is 25.3 Å². The van der Waals surface area contributed by atoms with Gasteiger partial charge >= 0.3 is 6.03 Å². The number of carbonyl (C=O) groups excluding carboxylic acids is 1. The number of carbonyl (C=O) groups is 1. The van der Waals surface area contributed by atoms with Crippen molar-refractivity contribution in [2.24, 2.45) is 5.92 Å². The van der Waals surface area contributed by atoms with Crippen LogP contribution in [-0.4, -0.2) is 35.2 Å². The van der Waals surface area contributed by atoms with E-state index < -0.39 is 6.10 Å². The van der Waals surface area contributed by atoms with Gasteiger partial charge in [0, 0.05) is 12.6 Å². The molecule has 0 bridgehead atoms. The molecule has 0 unspecified atom stereocenters. The molecule has 4 nitrogen and oxygen atoms in total. The molecule has 0 aliphatic carbocycles. The molecule has 20 heavy (non-hydrogen) atoms. The van der Waals surface area contributed by atoms with E-state index in [1.54, 1.807) is 4.90 Å². The molecule has 112 valence electrons. The lowest BCUT2D eigenvalue weighted by Gasteiger charge is -2.28. The summed E-state index contributed by atoms with van der Waals surface area (Å²) in [6.07, 6.45) is -0.659. The Hall–Kier alpha value is -1.55. The van der Waals surface area contributed by atoms with Crippen LogP contribution >= 0.6 is 0 Å². The van der Waals surface area contributed by atoms with Gasteiger partial charge in [0.1, 0.15) is 0 Å². The summed E-state index contributed by atoms with van der Waals surface area (Å²) >= 11 is 0. The summed E-state index contributed by atoms with van der Waals surface area (Å²) in [5, 5.41) is 13.1. The Balaban J connectivity index is 2.71. The maximum absolute atomic E-state index is 12.2. The van der Waals surface area contributed by atoms with E-state index in [4.69, 9.17) is 0 Å². The van der Waals surface area contributed by atoms with Gasteiger partial charge in [0.2, 0.25) is 0 Å². The van der Waals surface area contributed by atoms with Crippen LogP contribution < -0.4 is 5.32 Å². The van der Waals surface area contributed by atoms with E-state index in [0.29, 0.717) is 19.0 Å². The molecule has 4 heteroatoms. The number of benzene rings is 1. The number of hydrogen-bond donors (Lipinski definition) is 2. The van der Waals surface area contributed by atoms with Crippen LogP contribution in [0.2, 0.25) is 0 Å². The molecule has 0 heterocycles. The van der Waals surface area contributed by atoms with Gasteiger partial charge in [-0.1, -0.05) is 44.2 Å². The van der Waals surface area contributed by atoms with E-state index >= 15 is 0 Å². The summed E-state index contributed by atoms with van der Waals surface area (Å²) < 4.78 is 0. The zero-order valence-electron chi connectivity index (χ0n) is 12.8. The highest BCUT2D eigenvalue weighted by Crippen LogP contribution is 2.14. The fourth-order valence-corrected chi connectivity index (χ4v) is 2.01. The van der Waals surface area contributed by atoms with Gasteiger partial charge in [0.25, 0.3) is 0 Å². The third-order valence-corrected chi connectivity index (χ3v) is 2.86. The molecule has 0 saturated carbocycles. The fraction of sp³-hybridized carbons (Fsp3) is 0.562. The van der Waals surface area contributed by atoms with Crippen LogP contribution in [0.3, 0.4) is 0 Å². The highest BCUT2D eigenvalue weighted by Gasteiger charge is 2.19.